The van der Waals surface area contributed by atoms with Crippen LogP contribution in [0, 0.1) is 17.5 Å². The summed E-state index contributed by atoms with van der Waals surface area (Å²) in [5.74, 6) is -3.47. The molecule has 0 spiro atoms. The topological polar surface area (TPSA) is 43.1 Å². The van der Waals surface area contributed by atoms with Gasteiger partial charge >= 0.3 is 0 Å². The summed E-state index contributed by atoms with van der Waals surface area (Å²) >= 11 is 0. The second kappa shape index (κ2) is 4.52. The van der Waals surface area contributed by atoms with E-state index in [9.17, 15) is 18.0 Å². The van der Waals surface area contributed by atoms with Crippen LogP contribution in [0.5, 0.6) is 0 Å². The smallest absolute Gasteiger partial charge is 0.199 e. The highest BCUT2D eigenvalue weighted by Crippen LogP contribution is 2.19. The van der Waals surface area contributed by atoms with Crippen molar-refractivity contribution in [2.24, 2.45) is 0 Å². The van der Waals surface area contributed by atoms with E-state index in [1.807, 2.05) is 0 Å². The van der Waals surface area contributed by atoms with Crippen molar-refractivity contribution in [2.45, 2.75) is 0 Å². The minimum absolute atomic E-state index is 0.163. The molecule has 0 atom stereocenters. The number of nitrogens with two attached hydrogens (primary N) is 1. The van der Waals surface area contributed by atoms with Crippen LogP contribution in [-0.4, -0.2) is 5.78 Å². The Morgan fingerprint density at radius 2 is 1.44 bits per heavy atom. The first-order valence-corrected chi connectivity index (χ1v) is 5.04. The number of benzene rings is 2. The largest absolute Gasteiger partial charge is 0.399 e. The van der Waals surface area contributed by atoms with E-state index in [2.05, 4.69) is 0 Å². The second-order valence-corrected chi connectivity index (χ2v) is 3.69. The average molecular weight is 251 g/mol. The number of carbonyl (C=O) groups excluding carboxylic acids is 1. The van der Waals surface area contributed by atoms with E-state index in [1.165, 1.54) is 6.07 Å². The maximum atomic E-state index is 13.4. The predicted molar refractivity (Wildman–Crippen MR) is 60.6 cm³/mol. The molecule has 0 unspecified atom stereocenters. The molecule has 2 nitrogen and oxygen atoms in total. The Balaban J connectivity index is 2.54. The zero-order chi connectivity index (χ0) is 13.3. The monoisotopic (exact) mass is 251 g/mol. The molecule has 0 aliphatic heterocycles. The Bertz CT molecular complexity index is 572. The standard InChI is InChI=1S/C13H8F3NO/c14-7-1-3-11(15)9(5-7)13(18)10-6-8(17)2-4-12(10)16/h1-6H,17H2. The van der Waals surface area contributed by atoms with Crippen LogP contribution >= 0.6 is 0 Å². The van der Waals surface area contributed by atoms with E-state index in [0.29, 0.717) is 0 Å². The lowest BCUT2D eigenvalue weighted by atomic mass is 10.0. The van der Waals surface area contributed by atoms with Gasteiger partial charge in [0.1, 0.15) is 17.5 Å². The summed E-state index contributed by atoms with van der Waals surface area (Å²) < 4.78 is 39.8. The van der Waals surface area contributed by atoms with Crippen LogP contribution in [0.2, 0.25) is 0 Å². The third kappa shape index (κ3) is 2.20. The van der Waals surface area contributed by atoms with Crippen molar-refractivity contribution >= 4 is 11.5 Å². The molecule has 0 heterocycles. The minimum Gasteiger partial charge on any atom is -0.399 e. The lowest BCUT2D eigenvalue weighted by Crippen LogP contribution is -2.08. The Morgan fingerprint density at radius 1 is 0.889 bits per heavy atom. The first kappa shape index (κ1) is 12.2. The molecule has 0 saturated heterocycles. The first-order chi connectivity index (χ1) is 8.49. The highest BCUT2D eigenvalue weighted by atomic mass is 19.1. The molecule has 0 aliphatic rings. The summed E-state index contributed by atoms with van der Waals surface area (Å²) in [6.45, 7) is 0. The zero-order valence-electron chi connectivity index (χ0n) is 9.08. The van der Waals surface area contributed by atoms with E-state index in [-0.39, 0.29) is 11.3 Å². The quantitative estimate of drug-likeness (QED) is 0.658. The number of carbonyl (C=O) groups is 1. The number of anilines is 1. The molecule has 2 rings (SSSR count). The molecule has 2 aromatic rings. The summed E-state index contributed by atoms with van der Waals surface area (Å²) in [6.07, 6.45) is 0. The van der Waals surface area contributed by atoms with Gasteiger partial charge in [-0.15, -0.1) is 0 Å². The van der Waals surface area contributed by atoms with Crippen LogP contribution in [0.15, 0.2) is 36.4 Å². The highest BCUT2D eigenvalue weighted by molar-refractivity contribution is 6.09. The van der Waals surface area contributed by atoms with E-state index >= 15 is 0 Å². The molecule has 0 aliphatic carbocycles. The summed E-state index contributed by atoms with van der Waals surface area (Å²) in [7, 11) is 0. The van der Waals surface area contributed by atoms with Gasteiger partial charge in [0.15, 0.2) is 5.78 Å². The highest BCUT2D eigenvalue weighted by Gasteiger charge is 2.18. The third-order valence-electron chi connectivity index (χ3n) is 2.41. The first-order valence-electron chi connectivity index (χ1n) is 5.04. The van der Waals surface area contributed by atoms with E-state index in [0.717, 1.165) is 30.3 Å². The van der Waals surface area contributed by atoms with Gasteiger partial charge in [-0.2, -0.15) is 0 Å². The molecular formula is C13H8F3NO. The molecule has 0 amide bonds. The van der Waals surface area contributed by atoms with Crippen LogP contribution < -0.4 is 5.73 Å². The van der Waals surface area contributed by atoms with E-state index in [4.69, 9.17) is 5.73 Å². The molecule has 2 N–H and O–H groups in total. The number of halogens is 3. The van der Waals surface area contributed by atoms with E-state index < -0.39 is 28.8 Å². The lowest BCUT2D eigenvalue weighted by molar-refractivity contribution is 0.103. The lowest BCUT2D eigenvalue weighted by Gasteiger charge is -2.05. The maximum Gasteiger partial charge on any atom is 0.199 e. The second-order valence-electron chi connectivity index (χ2n) is 3.69. The van der Waals surface area contributed by atoms with Crippen LogP contribution in [-0.2, 0) is 0 Å². The maximum absolute atomic E-state index is 13.4. The van der Waals surface area contributed by atoms with Crippen molar-refractivity contribution in [1.82, 2.24) is 0 Å². The van der Waals surface area contributed by atoms with Crippen LogP contribution in [0.25, 0.3) is 0 Å². The van der Waals surface area contributed by atoms with Gasteiger partial charge in [-0.3, -0.25) is 4.79 Å². The van der Waals surface area contributed by atoms with Crippen LogP contribution in [0.4, 0.5) is 18.9 Å². The summed E-state index contributed by atoms with van der Waals surface area (Å²) in [4.78, 5) is 11.9. The molecule has 92 valence electrons. The summed E-state index contributed by atoms with van der Waals surface area (Å²) in [5.41, 5.74) is 4.67. The van der Waals surface area contributed by atoms with Gasteiger partial charge < -0.3 is 5.73 Å². The summed E-state index contributed by atoms with van der Waals surface area (Å²) in [5, 5.41) is 0. The molecule has 0 bridgehead atoms. The van der Waals surface area contributed by atoms with Crippen molar-refractivity contribution in [1.29, 1.82) is 0 Å². The van der Waals surface area contributed by atoms with Crippen LogP contribution in [0.1, 0.15) is 15.9 Å². The summed E-state index contributed by atoms with van der Waals surface area (Å²) in [6, 6.07) is 5.77. The van der Waals surface area contributed by atoms with Crippen LogP contribution in [0.3, 0.4) is 0 Å². The van der Waals surface area contributed by atoms with Gasteiger partial charge in [-0.05, 0) is 36.4 Å². The van der Waals surface area contributed by atoms with Gasteiger partial charge in [-0.1, -0.05) is 0 Å². The molecule has 5 heteroatoms. The number of nitrogen functional groups attached to an aromatic ring is 1. The Hall–Kier alpha value is -2.30. The predicted octanol–water partition coefficient (Wildman–Crippen LogP) is 2.92. The number of hydrogen-bond donors (Lipinski definition) is 1. The van der Waals surface area contributed by atoms with Crippen molar-refractivity contribution in [3.8, 4) is 0 Å². The zero-order valence-corrected chi connectivity index (χ0v) is 9.08. The fourth-order valence-corrected chi connectivity index (χ4v) is 1.53. The number of ketones is 1. The molecular weight excluding hydrogens is 243 g/mol. The molecule has 0 fully saturated rings. The average Bonchev–Trinajstić information content (AvgIpc) is 2.34. The van der Waals surface area contributed by atoms with Gasteiger partial charge in [0, 0.05) is 5.69 Å². The fraction of sp³-hybridized carbons (Fsp3) is 0. The molecule has 2 aromatic carbocycles. The van der Waals surface area contributed by atoms with Crippen molar-refractivity contribution in [3.63, 3.8) is 0 Å². The van der Waals surface area contributed by atoms with Crippen molar-refractivity contribution < 1.29 is 18.0 Å². The normalized spacial score (nSPS) is 10.4. The fourth-order valence-electron chi connectivity index (χ4n) is 1.53. The molecule has 0 radical (unpaired) electrons. The molecule has 18 heavy (non-hydrogen) atoms. The third-order valence-corrected chi connectivity index (χ3v) is 2.41. The van der Waals surface area contributed by atoms with Gasteiger partial charge in [-0.25, -0.2) is 13.2 Å². The van der Waals surface area contributed by atoms with Crippen molar-refractivity contribution in [2.75, 3.05) is 5.73 Å². The Morgan fingerprint density at radius 3 is 2.11 bits per heavy atom. The Kier molecular flexibility index (Phi) is 3.06. The SMILES string of the molecule is Nc1ccc(F)c(C(=O)c2cc(F)ccc2F)c1. The van der Waals surface area contributed by atoms with E-state index in [1.54, 1.807) is 0 Å². The molecule has 0 saturated carbocycles. The molecule has 0 aromatic heterocycles. The number of rotatable bonds is 2. The minimum atomic E-state index is -0.947. The van der Waals surface area contributed by atoms with Gasteiger partial charge in [0.25, 0.3) is 0 Å². The van der Waals surface area contributed by atoms with Gasteiger partial charge in [0.2, 0.25) is 0 Å². The Labute approximate surface area is 101 Å². The van der Waals surface area contributed by atoms with Gasteiger partial charge in [0.05, 0.1) is 11.1 Å². The number of hydrogen-bond acceptors (Lipinski definition) is 2. The van der Waals surface area contributed by atoms with Crippen molar-refractivity contribution in [3.05, 3.63) is 65.0 Å².